The molecule has 7 heteroatoms. The Balaban J connectivity index is 1.54. The summed E-state index contributed by atoms with van der Waals surface area (Å²) in [4.78, 5) is 23.7. The smallest absolute Gasteiger partial charge is 0.410 e. The van der Waals surface area contributed by atoms with Gasteiger partial charge in [0.2, 0.25) is 0 Å². The van der Waals surface area contributed by atoms with Crippen LogP contribution in [0.4, 0.5) is 4.79 Å². The van der Waals surface area contributed by atoms with Crippen LogP contribution in [0.25, 0.3) is 10.8 Å². The number of aromatic nitrogens is 2. The maximum atomic E-state index is 12.5. The highest BCUT2D eigenvalue weighted by Crippen LogP contribution is 2.28. The van der Waals surface area contributed by atoms with Gasteiger partial charge in [-0.15, -0.1) is 0 Å². The van der Waals surface area contributed by atoms with Crippen LogP contribution >= 0.6 is 11.6 Å². The number of piperidine rings is 1. The highest BCUT2D eigenvalue weighted by molar-refractivity contribution is 6.30. The first-order chi connectivity index (χ1) is 16.2. The van der Waals surface area contributed by atoms with E-state index in [1.807, 2.05) is 52.1 Å². The highest BCUT2D eigenvalue weighted by Gasteiger charge is 2.29. The Bertz CT molecular complexity index is 1150. The number of halogens is 1. The van der Waals surface area contributed by atoms with E-state index in [0.717, 1.165) is 35.2 Å². The van der Waals surface area contributed by atoms with Crippen molar-refractivity contribution in [1.82, 2.24) is 20.2 Å². The number of aryl methyl sites for hydroxylation is 1. The number of nitrogens with one attached hydrogen (secondary N) is 1. The molecule has 1 aliphatic heterocycles. The number of nitrogens with zero attached hydrogens (tertiary/aromatic N) is 3. The summed E-state index contributed by atoms with van der Waals surface area (Å²) >= 11 is 6.15. The zero-order valence-electron chi connectivity index (χ0n) is 20.3. The van der Waals surface area contributed by atoms with Gasteiger partial charge >= 0.3 is 6.09 Å². The van der Waals surface area contributed by atoms with Crippen LogP contribution < -0.4 is 5.32 Å². The van der Waals surface area contributed by atoms with Crippen LogP contribution in [0.3, 0.4) is 0 Å². The predicted octanol–water partition coefficient (Wildman–Crippen LogP) is 5.86. The maximum absolute atomic E-state index is 12.5. The number of benzene rings is 1. The van der Waals surface area contributed by atoms with Crippen molar-refractivity contribution >= 4 is 28.5 Å². The molecule has 1 N–H and O–H groups in total. The summed E-state index contributed by atoms with van der Waals surface area (Å²) in [5.41, 5.74) is 2.60. The Morgan fingerprint density at radius 1 is 1.21 bits per heavy atom. The fraction of sp³-hybridized carbons (Fsp3) is 0.444. The number of pyridine rings is 2. The van der Waals surface area contributed by atoms with Crippen molar-refractivity contribution in [2.45, 2.75) is 64.6 Å². The van der Waals surface area contributed by atoms with Gasteiger partial charge in [-0.2, -0.15) is 0 Å². The highest BCUT2D eigenvalue weighted by atomic mass is 35.5. The molecule has 1 fully saturated rings. The lowest BCUT2D eigenvalue weighted by atomic mass is 9.96. The van der Waals surface area contributed by atoms with Crippen LogP contribution in [0, 0.1) is 6.92 Å². The maximum Gasteiger partial charge on any atom is 0.410 e. The number of likely N-dealkylation sites (tertiary alicyclic amines) is 1. The third kappa shape index (κ3) is 6.05. The molecule has 34 heavy (non-hydrogen) atoms. The van der Waals surface area contributed by atoms with Gasteiger partial charge in [0.25, 0.3) is 0 Å². The Labute approximate surface area is 206 Å². The van der Waals surface area contributed by atoms with E-state index in [2.05, 4.69) is 28.5 Å². The lowest BCUT2D eigenvalue weighted by Gasteiger charge is -2.35. The second-order valence-corrected chi connectivity index (χ2v) is 10.4. The summed E-state index contributed by atoms with van der Waals surface area (Å²) in [6.07, 6.45) is 5.76. The average molecular weight is 481 g/mol. The topological polar surface area (TPSA) is 67.4 Å². The molecule has 2 aromatic heterocycles. The molecule has 180 valence electrons. The van der Waals surface area contributed by atoms with Gasteiger partial charge in [-0.25, -0.2) is 4.79 Å². The van der Waals surface area contributed by atoms with E-state index in [0.29, 0.717) is 24.5 Å². The van der Waals surface area contributed by atoms with E-state index in [1.54, 1.807) is 11.1 Å². The van der Waals surface area contributed by atoms with Gasteiger partial charge in [0.05, 0.1) is 16.8 Å². The summed E-state index contributed by atoms with van der Waals surface area (Å²) in [5, 5.41) is 6.80. The Morgan fingerprint density at radius 2 is 1.94 bits per heavy atom. The molecule has 4 rings (SSSR count). The third-order valence-electron chi connectivity index (χ3n) is 6.17. The second-order valence-electron chi connectivity index (χ2n) is 10.00. The quantitative estimate of drug-likeness (QED) is 0.495. The molecule has 0 radical (unpaired) electrons. The monoisotopic (exact) mass is 480 g/mol. The van der Waals surface area contributed by atoms with Crippen LogP contribution in [-0.4, -0.2) is 45.7 Å². The molecule has 0 spiro atoms. The molecule has 3 aromatic rings. The van der Waals surface area contributed by atoms with Gasteiger partial charge in [-0.3, -0.25) is 9.97 Å². The number of rotatable bonds is 5. The third-order valence-corrected chi connectivity index (χ3v) is 6.38. The summed E-state index contributed by atoms with van der Waals surface area (Å²) < 4.78 is 5.55. The van der Waals surface area contributed by atoms with E-state index < -0.39 is 5.60 Å². The van der Waals surface area contributed by atoms with E-state index >= 15 is 0 Å². The first-order valence-electron chi connectivity index (χ1n) is 11.9. The number of hydrogen-bond acceptors (Lipinski definition) is 5. The molecule has 1 amide bonds. The van der Waals surface area contributed by atoms with Crippen molar-refractivity contribution in [3.8, 4) is 0 Å². The van der Waals surface area contributed by atoms with E-state index in [4.69, 9.17) is 21.3 Å². The Kier molecular flexibility index (Phi) is 7.39. The molecule has 1 saturated heterocycles. The van der Waals surface area contributed by atoms with E-state index in [1.165, 1.54) is 5.39 Å². The first-order valence-corrected chi connectivity index (χ1v) is 12.3. The normalized spacial score (nSPS) is 16.0. The summed E-state index contributed by atoms with van der Waals surface area (Å²) in [6.45, 7) is 9.07. The van der Waals surface area contributed by atoms with Gasteiger partial charge in [0.15, 0.2) is 0 Å². The first kappa shape index (κ1) is 24.4. The molecule has 0 bridgehead atoms. The van der Waals surface area contributed by atoms with Crippen molar-refractivity contribution in [3.05, 3.63) is 70.8 Å². The Morgan fingerprint density at radius 3 is 2.65 bits per heavy atom. The van der Waals surface area contributed by atoms with Crippen molar-refractivity contribution in [2.24, 2.45) is 0 Å². The molecule has 1 atom stereocenters. The summed E-state index contributed by atoms with van der Waals surface area (Å²) in [5.74, 6) is 0. The van der Waals surface area contributed by atoms with Gasteiger partial charge in [0, 0.05) is 49.0 Å². The number of fused-ring (bicyclic) bond motifs is 1. The SMILES string of the molecule is Cc1cc(Cl)cnc1CC(NC1CCN(C(=O)OC(C)(C)C)CC1)c1nccc2ccccc12. The number of carbonyl (C=O) groups excluding carboxylic acids is 1. The van der Waals surface area contributed by atoms with Gasteiger partial charge < -0.3 is 15.0 Å². The standard InChI is InChI=1S/C27H33ClN4O2/c1-18-15-20(28)17-30-23(18)16-24(25-22-8-6-5-7-19(22)9-12-29-25)31-21-10-13-32(14-11-21)26(33)34-27(2,3)4/h5-9,12,15,17,21,24,31H,10-11,13-14,16H2,1-4H3. The van der Waals surface area contributed by atoms with Crippen molar-refractivity contribution < 1.29 is 9.53 Å². The number of amides is 1. The number of hydrogen-bond donors (Lipinski definition) is 1. The van der Waals surface area contributed by atoms with Crippen molar-refractivity contribution in [3.63, 3.8) is 0 Å². The van der Waals surface area contributed by atoms with Crippen LogP contribution in [0.5, 0.6) is 0 Å². The minimum atomic E-state index is -0.485. The van der Waals surface area contributed by atoms with Crippen molar-refractivity contribution in [2.75, 3.05) is 13.1 Å². The molecule has 3 heterocycles. The zero-order chi connectivity index (χ0) is 24.3. The average Bonchev–Trinajstić information content (AvgIpc) is 2.79. The molecular formula is C27H33ClN4O2. The number of carbonyl (C=O) groups is 1. The van der Waals surface area contributed by atoms with Crippen molar-refractivity contribution in [1.29, 1.82) is 0 Å². The Hall–Kier alpha value is -2.70. The largest absolute Gasteiger partial charge is 0.444 e. The molecular weight excluding hydrogens is 448 g/mol. The lowest BCUT2D eigenvalue weighted by molar-refractivity contribution is 0.0195. The fourth-order valence-electron chi connectivity index (χ4n) is 4.47. The number of ether oxygens (including phenoxy) is 1. The molecule has 6 nitrogen and oxygen atoms in total. The van der Waals surface area contributed by atoms with Crippen LogP contribution in [0.1, 0.15) is 56.6 Å². The van der Waals surface area contributed by atoms with Gasteiger partial charge in [0.1, 0.15) is 5.60 Å². The lowest BCUT2D eigenvalue weighted by Crippen LogP contribution is -2.47. The van der Waals surface area contributed by atoms with Gasteiger partial charge in [-0.1, -0.05) is 35.9 Å². The molecule has 0 saturated carbocycles. The molecule has 1 aliphatic rings. The zero-order valence-corrected chi connectivity index (χ0v) is 21.1. The summed E-state index contributed by atoms with van der Waals surface area (Å²) in [7, 11) is 0. The minimum absolute atomic E-state index is 0.0171. The molecule has 1 unspecified atom stereocenters. The van der Waals surface area contributed by atoms with Crippen LogP contribution in [-0.2, 0) is 11.2 Å². The predicted molar refractivity (Wildman–Crippen MR) is 136 cm³/mol. The minimum Gasteiger partial charge on any atom is -0.444 e. The van der Waals surface area contributed by atoms with Gasteiger partial charge in [-0.05, 0) is 63.6 Å². The summed E-state index contributed by atoms with van der Waals surface area (Å²) in [6, 6.07) is 12.6. The van der Waals surface area contributed by atoms with Crippen LogP contribution in [0.2, 0.25) is 5.02 Å². The molecule has 0 aliphatic carbocycles. The molecule has 1 aromatic carbocycles. The second kappa shape index (κ2) is 10.3. The van der Waals surface area contributed by atoms with E-state index in [9.17, 15) is 4.79 Å². The van der Waals surface area contributed by atoms with E-state index in [-0.39, 0.29) is 18.2 Å². The van der Waals surface area contributed by atoms with Crippen LogP contribution in [0.15, 0.2) is 48.8 Å². The fourth-order valence-corrected chi connectivity index (χ4v) is 4.68.